The van der Waals surface area contributed by atoms with Crippen molar-refractivity contribution in [1.29, 1.82) is 0 Å². The van der Waals surface area contributed by atoms with Gasteiger partial charge in [-0.25, -0.2) is 0 Å². The number of hydrogen-bond acceptors (Lipinski definition) is 2. The Labute approximate surface area is 61.5 Å². The lowest BCUT2D eigenvalue weighted by Crippen LogP contribution is -1.98. The third-order valence-corrected chi connectivity index (χ3v) is 0.846. The lowest BCUT2D eigenvalue weighted by molar-refractivity contribution is 1.18. The van der Waals surface area contributed by atoms with E-state index >= 15 is 0 Å². The minimum absolute atomic E-state index is 0.311. The van der Waals surface area contributed by atoms with E-state index in [2.05, 4.69) is 31.8 Å². The molecule has 2 heteroatoms. The normalized spacial score (nSPS) is 12.4. The van der Waals surface area contributed by atoms with Crippen LogP contribution in [-0.4, -0.2) is 4.08 Å². The molecule has 46 valence electrons. The van der Waals surface area contributed by atoms with Gasteiger partial charge in [0.2, 0.25) is 0 Å². The summed E-state index contributed by atoms with van der Waals surface area (Å²) in [5, 5.41) is 0. The molecule has 0 aliphatic carbocycles. The van der Waals surface area contributed by atoms with Crippen molar-refractivity contribution in [3.05, 3.63) is 24.8 Å². The molecular formula is C6H10S2. The van der Waals surface area contributed by atoms with Gasteiger partial charge in [0.1, 0.15) is 0 Å². The largest absolute Gasteiger partial charge is 0.158 e. The van der Waals surface area contributed by atoms with Crippen molar-refractivity contribution >= 4 is 25.3 Å². The summed E-state index contributed by atoms with van der Waals surface area (Å²) >= 11 is 8.24. The summed E-state index contributed by atoms with van der Waals surface area (Å²) in [5.41, 5.74) is 0. The average Bonchev–Trinajstić information content (AvgIpc) is 1.59. The standard InChI is InChI=1S/C6H10S2/c1-3-4-5-6(2,7)8/h3-5,7-8H,1H2,2H3/b5-4+. The van der Waals surface area contributed by atoms with E-state index in [1.807, 2.05) is 19.1 Å². The summed E-state index contributed by atoms with van der Waals surface area (Å²) in [6, 6.07) is 0. The third kappa shape index (κ3) is 6.18. The molecule has 0 fully saturated rings. The molecule has 0 heterocycles. The summed E-state index contributed by atoms with van der Waals surface area (Å²) in [5.74, 6) is 0. The van der Waals surface area contributed by atoms with Gasteiger partial charge in [-0.05, 0) is 6.92 Å². The Morgan fingerprint density at radius 1 is 1.50 bits per heavy atom. The summed E-state index contributed by atoms with van der Waals surface area (Å²) in [6.07, 6.45) is 5.37. The number of thiol groups is 2. The second kappa shape index (κ2) is 3.25. The molecule has 0 N–H and O–H groups in total. The van der Waals surface area contributed by atoms with Gasteiger partial charge in [-0.3, -0.25) is 0 Å². The molecule has 0 spiro atoms. The molecule has 0 aromatic rings. The molecule has 0 nitrogen and oxygen atoms in total. The Hall–Kier alpha value is 0.180. The van der Waals surface area contributed by atoms with E-state index in [4.69, 9.17) is 0 Å². The minimum atomic E-state index is -0.311. The maximum absolute atomic E-state index is 4.12. The molecule has 0 saturated carbocycles. The summed E-state index contributed by atoms with van der Waals surface area (Å²) < 4.78 is -0.311. The third-order valence-electron chi connectivity index (χ3n) is 0.548. The van der Waals surface area contributed by atoms with Crippen LogP contribution in [0.3, 0.4) is 0 Å². The molecular weight excluding hydrogens is 136 g/mol. The van der Waals surface area contributed by atoms with Gasteiger partial charge in [0.15, 0.2) is 0 Å². The monoisotopic (exact) mass is 146 g/mol. The Morgan fingerprint density at radius 3 is 2.12 bits per heavy atom. The van der Waals surface area contributed by atoms with E-state index in [9.17, 15) is 0 Å². The quantitative estimate of drug-likeness (QED) is 0.333. The predicted octanol–water partition coefficient (Wildman–Crippen LogP) is 2.30. The molecule has 8 heavy (non-hydrogen) atoms. The van der Waals surface area contributed by atoms with Crippen molar-refractivity contribution in [2.75, 3.05) is 0 Å². The molecule has 0 amide bonds. The highest BCUT2D eigenvalue weighted by Gasteiger charge is 2.03. The summed E-state index contributed by atoms with van der Waals surface area (Å²) in [4.78, 5) is 0. The van der Waals surface area contributed by atoms with Gasteiger partial charge in [0, 0.05) is 0 Å². The van der Waals surface area contributed by atoms with E-state index in [-0.39, 0.29) is 4.08 Å². The Bertz CT molecular complexity index is 97.6. The highest BCUT2D eigenvalue weighted by atomic mass is 32.2. The van der Waals surface area contributed by atoms with Crippen LogP contribution in [0.5, 0.6) is 0 Å². The molecule has 0 unspecified atom stereocenters. The lowest BCUT2D eigenvalue weighted by atomic mass is 10.4. The summed E-state index contributed by atoms with van der Waals surface area (Å²) in [7, 11) is 0. The molecule has 0 aliphatic rings. The van der Waals surface area contributed by atoms with Crippen molar-refractivity contribution in [2.45, 2.75) is 11.0 Å². The van der Waals surface area contributed by atoms with E-state index in [0.29, 0.717) is 0 Å². The van der Waals surface area contributed by atoms with Gasteiger partial charge in [-0.1, -0.05) is 24.8 Å². The SMILES string of the molecule is C=C/C=C/C(C)(S)S. The zero-order valence-corrected chi connectivity index (χ0v) is 6.62. The van der Waals surface area contributed by atoms with Crippen LogP contribution in [-0.2, 0) is 0 Å². The van der Waals surface area contributed by atoms with Crippen LogP contribution in [0.4, 0.5) is 0 Å². The van der Waals surface area contributed by atoms with Crippen molar-refractivity contribution < 1.29 is 0 Å². The first-order chi connectivity index (χ1) is 3.56. The maximum Gasteiger partial charge on any atom is 0.0707 e. The van der Waals surface area contributed by atoms with Crippen LogP contribution in [0.25, 0.3) is 0 Å². The highest BCUT2D eigenvalue weighted by Crippen LogP contribution is 2.19. The highest BCUT2D eigenvalue weighted by molar-refractivity contribution is 8.00. The van der Waals surface area contributed by atoms with E-state index in [1.165, 1.54) is 0 Å². The van der Waals surface area contributed by atoms with Crippen molar-refractivity contribution in [2.24, 2.45) is 0 Å². The molecule has 0 aromatic heterocycles. The number of rotatable bonds is 2. The van der Waals surface area contributed by atoms with Crippen LogP contribution in [0.1, 0.15) is 6.92 Å². The van der Waals surface area contributed by atoms with Gasteiger partial charge < -0.3 is 0 Å². The molecule has 0 aliphatic heterocycles. The van der Waals surface area contributed by atoms with Gasteiger partial charge in [-0.15, -0.1) is 0 Å². The smallest absolute Gasteiger partial charge is 0.0707 e. The van der Waals surface area contributed by atoms with E-state index in [0.717, 1.165) is 0 Å². The second-order valence-corrected chi connectivity index (χ2v) is 3.90. The molecule has 0 rings (SSSR count). The van der Waals surface area contributed by atoms with E-state index in [1.54, 1.807) is 6.08 Å². The first-order valence-corrected chi connectivity index (χ1v) is 3.21. The van der Waals surface area contributed by atoms with Crippen LogP contribution < -0.4 is 0 Å². The van der Waals surface area contributed by atoms with Crippen LogP contribution in [0.2, 0.25) is 0 Å². The minimum Gasteiger partial charge on any atom is -0.158 e. The van der Waals surface area contributed by atoms with Gasteiger partial charge in [0.25, 0.3) is 0 Å². The first kappa shape index (κ1) is 8.18. The number of allylic oxidation sites excluding steroid dienone is 2. The molecule has 0 saturated heterocycles. The Morgan fingerprint density at radius 2 is 2.00 bits per heavy atom. The Balaban J connectivity index is 3.69. The van der Waals surface area contributed by atoms with Crippen molar-refractivity contribution in [1.82, 2.24) is 0 Å². The van der Waals surface area contributed by atoms with E-state index < -0.39 is 0 Å². The van der Waals surface area contributed by atoms with Gasteiger partial charge in [0.05, 0.1) is 4.08 Å². The molecule has 0 aromatic carbocycles. The molecule has 0 atom stereocenters. The van der Waals surface area contributed by atoms with Crippen LogP contribution >= 0.6 is 25.3 Å². The maximum atomic E-state index is 4.12. The molecule has 0 radical (unpaired) electrons. The topological polar surface area (TPSA) is 0 Å². The van der Waals surface area contributed by atoms with Gasteiger partial charge >= 0.3 is 0 Å². The van der Waals surface area contributed by atoms with Crippen molar-refractivity contribution in [3.63, 3.8) is 0 Å². The predicted molar refractivity (Wildman–Crippen MR) is 45.7 cm³/mol. The molecule has 0 bridgehead atoms. The van der Waals surface area contributed by atoms with Gasteiger partial charge in [-0.2, -0.15) is 25.3 Å². The Kier molecular flexibility index (Phi) is 3.33. The zero-order valence-electron chi connectivity index (χ0n) is 4.83. The fourth-order valence-electron chi connectivity index (χ4n) is 0.250. The average molecular weight is 146 g/mol. The number of hydrogen-bond donors (Lipinski definition) is 2. The van der Waals surface area contributed by atoms with Crippen molar-refractivity contribution in [3.8, 4) is 0 Å². The first-order valence-electron chi connectivity index (χ1n) is 2.31. The van der Waals surface area contributed by atoms with Crippen LogP contribution in [0, 0.1) is 0 Å². The van der Waals surface area contributed by atoms with Crippen LogP contribution in [0.15, 0.2) is 24.8 Å². The zero-order chi connectivity index (χ0) is 6.62. The fraction of sp³-hybridized carbons (Fsp3) is 0.333. The second-order valence-electron chi connectivity index (χ2n) is 1.69. The summed E-state index contributed by atoms with van der Waals surface area (Å²) in [6.45, 7) is 5.40. The fourth-order valence-corrected chi connectivity index (χ4v) is 0.422. The lowest BCUT2D eigenvalue weighted by Gasteiger charge is -2.07.